The third kappa shape index (κ3) is 3.02. The van der Waals surface area contributed by atoms with Crippen LogP contribution in [-0.4, -0.2) is 36.2 Å². The zero-order chi connectivity index (χ0) is 14.9. The molecule has 0 radical (unpaired) electrons. The lowest BCUT2D eigenvalue weighted by Gasteiger charge is -2.36. The van der Waals surface area contributed by atoms with Crippen LogP contribution < -0.4 is 10.2 Å². The van der Waals surface area contributed by atoms with Crippen LogP contribution in [0.3, 0.4) is 0 Å². The lowest BCUT2D eigenvalue weighted by molar-refractivity contribution is -0.0300. The van der Waals surface area contributed by atoms with E-state index >= 15 is 0 Å². The number of aliphatic hydroxyl groups is 1. The van der Waals surface area contributed by atoms with Gasteiger partial charge in [-0.15, -0.1) is 0 Å². The number of rotatable bonds is 4. The topological polar surface area (TPSA) is 52.6 Å². The van der Waals surface area contributed by atoms with Crippen molar-refractivity contribution in [3.05, 3.63) is 29.6 Å². The summed E-state index contributed by atoms with van der Waals surface area (Å²) in [6.07, 6.45) is 4.59. The fourth-order valence-electron chi connectivity index (χ4n) is 2.97. The van der Waals surface area contributed by atoms with Crippen LogP contribution in [0.4, 0.5) is 10.1 Å². The maximum Gasteiger partial charge on any atom is 0.251 e. The van der Waals surface area contributed by atoms with Crippen LogP contribution in [0.1, 0.15) is 42.5 Å². The molecule has 0 unspecified atom stereocenters. The molecule has 0 bridgehead atoms. The highest BCUT2D eigenvalue weighted by atomic mass is 19.1. The van der Waals surface area contributed by atoms with Gasteiger partial charge in [0, 0.05) is 25.2 Å². The van der Waals surface area contributed by atoms with Gasteiger partial charge in [-0.05, 0) is 50.3 Å². The third-order valence-corrected chi connectivity index (χ3v) is 4.52. The SMILES string of the molecule is O=C(NCC1(O)CCC1)c1ccc(N2CCCC2)c(F)c1. The van der Waals surface area contributed by atoms with Crippen molar-refractivity contribution < 1.29 is 14.3 Å². The van der Waals surface area contributed by atoms with Gasteiger partial charge in [0.15, 0.2) is 0 Å². The molecule has 4 nitrogen and oxygen atoms in total. The first kappa shape index (κ1) is 14.3. The molecular formula is C16H21FN2O2. The summed E-state index contributed by atoms with van der Waals surface area (Å²) < 4.78 is 14.1. The Hall–Kier alpha value is -1.62. The van der Waals surface area contributed by atoms with E-state index in [1.165, 1.54) is 6.07 Å². The average molecular weight is 292 g/mol. The molecule has 114 valence electrons. The monoisotopic (exact) mass is 292 g/mol. The van der Waals surface area contributed by atoms with Crippen molar-refractivity contribution in [2.24, 2.45) is 0 Å². The fraction of sp³-hybridized carbons (Fsp3) is 0.562. The van der Waals surface area contributed by atoms with Crippen LogP contribution in [0.2, 0.25) is 0 Å². The molecule has 1 aromatic rings. The Bertz CT molecular complexity index is 537. The van der Waals surface area contributed by atoms with E-state index in [4.69, 9.17) is 0 Å². The largest absolute Gasteiger partial charge is 0.388 e. The van der Waals surface area contributed by atoms with E-state index in [1.807, 2.05) is 4.90 Å². The first-order valence-corrected chi connectivity index (χ1v) is 7.63. The first-order chi connectivity index (χ1) is 10.1. The normalized spacial score (nSPS) is 20.2. The van der Waals surface area contributed by atoms with Gasteiger partial charge >= 0.3 is 0 Å². The summed E-state index contributed by atoms with van der Waals surface area (Å²) in [5.41, 5.74) is 0.115. The van der Waals surface area contributed by atoms with Crippen LogP contribution in [0.15, 0.2) is 18.2 Å². The van der Waals surface area contributed by atoms with Gasteiger partial charge in [0.05, 0.1) is 11.3 Å². The maximum atomic E-state index is 14.1. The van der Waals surface area contributed by atoms with E-state index in [0.29, 0.717) is 11.3 Å². The van der Waals surface area contributed by atoms with Crippen molar-refractivity contribution in [2.45, 2.75) is 37.7 Å². The average Bonchev–Trinajstić information content (AvgIpc) is 2.96. The highest BCUT2D eigenvalue weighted by Gasteiger charge is 2.34. The van der Waals surface area contributed by atoms with E-state index in [-0.39, 0.29) is 18.3 Å². The minimum Gasteiger partial charge on any atom is -0.388 e. The summed E-state index contributed by atoms with van der Waals surface area (Å²) in [6, 6.07) is 4.61. The van der Waals surface area contributed by atoms with Gasteiger partial charge in [-0.2, -0.15) is 0 Å². The standard InChI is InChI=1S/C16H21FN2O2/c17-13-10-12(4-5-14(13)19-8-1-2-9-19)15(20)18-11-16(21)6-3-7-16/h4-5,10,21H,1-3,6-9,11H2,(H,18,20). The van der Waals surface area contributed by atoms with Gasteiger partial charge in [-0.1, -0.05) is 0 Å². The summed E-state index contributed by atoms with van der Waals surface area (Å²) in [5, 5.41) is 12.6. The molecule has 1 aromatic carbocycles. The van der Waals surface area contributed by atoms with Crippen molar-refractivity contribution in [1.29, 1.82) is 0 Å². The summed E-state index contributed by atoms with van der Waals surface area (Å²) in [6.45, 7) is 1.98. The third-order valence-electron chi connectivity index (χ3n) is 4.52. The van der Waals surface area contributed by atoms with E-state index in [0.717, 1.165) is 45.2 Å². The van der Waals surface area contributed by atoms with Crippen LogP contribution in [0.25, 0.3) is 0 Å². The van der Waals surface area contributed by atoms with Crippen LogP contribution in [0.5, 0.6) is 0 Å². The number of nitrogens with zero attached hydrogens (tertiary/aromatic N) is 1. The van der Waals surface area contributed by atoms with Gasteiger partial charge < -0.3 is 15.3 Å². The van der Waals surface area contributed by atoms with Gasteiger partial charge in [0.25, 0.3) is 5.91 Å². The molecule has 1 heterocycles. The molecular weight excluding hydrogens is 271 g/mol. The molecule has 2 fully saturated rings. The molecule has 3 rings (SSSR count). The van der Waals surface area contributed by atoms with Crippen LogP contribution >= 0.6 is 0 Å². The highest BCUT2D eigenvalue weighted by molar-refractivity contribution is 5.94. The van der Waals surface area contributed by atoms with Gasteiger partial charge in [-0.25, -0.2) is 4.39 Å². The molecule has 1 aliphatic carbocycles. The summed E-state index contributed by atoms with van der Waals surface area (Å²) in [5.74, 6) is -0.686. The molecule has 1 amide bonds. The van der Waals surface area contributed by atoms with Crippen molar-refractivity contribution in [3.63, 3.8) is 0 Å². The molecule has 1 saturated carbocycles. The van der Waals surface area contributed by atoms with E-state index in [2.05, 4.69) is 5.32 Å². The van der Waals surface area contributed by atoms with Gasteiger partial charge in [0.1, 0.15) is 5.82 Å². The second-order valence-electron chi connectivity index (χ2n) is 6.12. The Morgan fingerprint density at radius 3 is 2.57 bits per heavy atom. The molecule has 1 aliphatic heterocycles. The van der Waals surface area contributed by atoms with E-state index in [1.54, 1.807) is 12.1 Å². The molecule has 5 heteroatoms. The number of halogens is 1. The molecule has 2 aliphatic rings. The Labute approximate surface area is 124 Å². The van der Waals surface area contributed by atoms with Gasteiger partial charge in [0.2, 0.25) is 0 Å². The van der Waals surface area contributed by atoms with Crippen LogP contribution in [0, 0.1) is 5.82 Å². The molecule has 2 N–H and O–H groups in total. The first-order valence-electron chi connectivity index (χ1n) is 7.63. The maximum absolute atomic E-state index is 14.1. The van der Waals surface area contributed by atoms with Crippen molar-refractivity contribution >= 4 is 11.6 Å². The minimum absolute atomic E-state index is 0.237. The molecule has 1 saturated heterocycles. The number of hydrogen-bond donors (Lipinski definition) is 2. The number of carbonyl (C=O) groups excluding carboxylic acids is 1. The molecule has 21 heavy (non-hydrogen) atoms. The Morgan fingerprint density at radius 2 is 2.00 bits per heavy atom. The summed E-state index contributed by atoms with van der Waals surface area (Å²) >= 11 is 0. The highest BCUT2D eigenvalue weighted by Crippen LogP contribution is 2.30. The summed E-state index contributed by atoms with van der Waals surface area (Å²) in [4.78, 5) is 14.0. The lowest BCUT2D eigenvalue weighted by Crippen LogP contribution is -2.47. The molecule has 0 atom stereocenters. The van der Waals surface area contributed by atoms with Gasteiger partial charge in [-0.3, -0.25) is 4.79 Å². The Morgan fingerprint density at radius 1 is 1.29 bits per heavy atom. The van der Waals surface area contributed by atoms with Crippen molar-refractivity contribution in [1.82, 2.24) is 5.32 Å². The smallest absolute Gasteiger partial charge is 0.251 e. The quantitative estimate of drug-likeness (QED) is 0.893. The number of anilines is 1. The number of hydrogen-bond acceptors (Lipinski definition) is 3. The van der Waals surface area contributed by atoms with E-state index < -0.39 is 5.60 Å². The van der Waals surface area contributed by atoms with E-state index in [9.17, 15) is 14.3 Å². The van der Waals surface area contributed by atoms with Crippen molar-refractivity contribution in [2.75, 3.05) is 24.5 Å². The minimum atomic E-state index is -0.760. The lowest BCUT2D eigenvalue weighted by atomic mass is 9.80. The number of nitrogens with one attached hydrogen (secondary N) is 1. The summed E-state index contributed by atoms with van der Waals surface area (Å²) in [7, 11) is 0. The number of amides is 1. The molecule has 0 aromatic heterocycles. The second kappa shape index (κ2) is 5.64. The zero-order valence-electron chi connectivity index (χ0n) is 12.1. The number of benzene rings is 1. The van der Waals surface area contributed by atoms with Crippen molar-refractivity contribution in [3.8, 4) is 0 Å². The van der Waals surface area contributed by atoms with Crippen LogP contribution in [-0.2, 0) is 0 Å². The number of carbonyl (C=O) groups is 1. The fourth-order valence-corrected chi connectivity index (χ4v) is 2.97. The Balaban J connectivity index is 1.64. The Kier molecular flexibility index (Phi) is 3.85. The predicted octanol–water partition coefficient (Wildman–Crippen LogP) is 2.07. The second-order valence-corrected chi connectivity index (χ2v) is 6.12. The molecule has 0 spiro atoms. The zero-order valence-corrected chi connectivity index (χ0v) is 12.1. The predicted molar refractivity (Wildman–Crippen MR) is 79.0 cm³/mol.